The highest BCUT2D eigenvalue weighted by atomic mass is 32.2. The van der Waals surface area contributed by atoms with E-state index in [-0.39, 0.29) is 22.6 Å². The lowest BCUT2D eigenvalue weighted by Crippen LogP contribution is -2.28. The van der Waals surface area contributed by atoms with Gasteiger partial charge in [0.05, 0.1) is 21.7 Å². The highest BCUT2D eigenvalue weighted by Gasteiger charge is 2.37. The lowest BCUT2D eigenvalue weighted by Gasteiger charge is -2.19. The van der Waals surface area contributed by atoms with Crippen molar-refractivity contribution < 1.29 is 34.8 Å². The molecular weight excluding hydrogens is 649 g/mol. The molecule has 3 N–H and O–H groups in total. The van der Waals surface area contributed by atoms with Gasteiger partial charge in [-0.15, -0.1) is 0 Å². The molecule has 0 unspecified atom stereocenters. The van der Waals surface area contributed by atoms with Gasteiger partial charge in [-0.25, -0.2) is 8.42 Å². The summed E-state index contributed by atoms with van der Waals surface area (Å²) >= 11 is 5.25. The number of hydrogen-bond acceptors (Lipinski definition) is 3. The number of rotatable bonds is 7. The Kier molecular flexibility index (Phi) is 9.00. The van der Waals surface area contributed by atoms with Crippen LogP contribution in [0, 0.1) is 6.92 Å². The van der Waals surface area contributed by atoms with E-state index in [4.69, 9.17) is 12.2 Å². The largest absolute Gasteiger partial charge is 0.416 e. The molecule has 0 saturated carbocycles. The molecule has 0 saturated heterocycles. The fourth-order valence-electron chi connectivity index (χ4n) is 4.87. The summed E-state index contributed by atoms with van der Waals surface area (Å²) in [5, 5.41) is 6.68. The molecule has 5 aromatic carbocycles. The molecule has 0 heterocycles. The van der Waals surface area contributed by atoms with E-state index in [1.807, 2.05) is 37.3 Å². The van der Waals surface area contributed by atoms with Crippen LogP contribution in [0.25, 0.3) is 21.9 Å². The smallest absolute Gasteiger partial charge is 0.358 e. The van der Waals surface area contributed by atoms with Gasteiger partial charge in [-0.2, -0.15) is 26.3 Å². The van der Waals surface area contributed by atoms with Crippen LogP contribution in [0.15, 0.2) is 108 Å². The molecule has 0 aliphatic heterocycles. The molecule has 0 atom stereocenters. The number of alkyl halides is 6. The van der Waals surface area contributed by atoms with Crippen LogP contribution in [0.3, 0.4) is 0 Å². The van der Waals surface area contributed by atoms with E-state index < -0.39 is 39.2 Å². The van der Waals surface area contributed by atoms with Gasteiger partial charge in [-0.05, 0) is 77.4 Å². The van der Waals surface area contributed by atoms with Crippen LogP contribution in [0.2, 0.25) is 0 Å². The Labute approximate surface area is 266 Å². The Hall–Kier alpha value is -4.62. The van der Waals surface area contributed by atoms with Crippen LogP contribution in [-0.4, -0.2) is 13.5 Å². The first-order valence-corrected chi connectivity index (χ1v) is 15.5. The van der Waals surface area contributed by atoms with Crippen molar-refractivity contribution in [1.29, 1.82) is 0 Å². The van der Waals surface area contributed by atoms with Gasteiger partial charge in [0.15, 0.2) is 5.11 Å². The standard InChI is InChI=1S/C33H25F6N3O2S2/c1-20-10-14-26(15-11-20)46(43,44)42-29-9-5-4-8-28(29)30-22(13-12-21-6-2-3-7-27(21)30)19-40-31(45)41-25-17-23(32(34,35)36)16-24(18-25)33(37,38)39/h2-18,42H,19H2,1H3,(H2,40,41,45). The van der Waals surface area contributed by atoms with Crippen LogP contribution in [0.1, 0.15) is 22.3 Å². The minimum Gasteiger partial charge on any atom is -0.358 e. The van der Waals surface area contributed by atoms with Crippen LogP contribution < -0.4 is 15.4 Å². The van der Waals surface area contributed by atoms with Crippen LogP contribution in [0.5, 0.6) is 0 Å². The van der Waals surface area contributed by atoms with E-state index in [2.05, 4.69) is 15.4 Å². The number of hydrogen-bond donors (Lipinski definition) is 3. The first-order chi connectivity index (χ1) is 21.6. The molecule has 0 aromatic heterocycles. The second-order valence-corrected chi connectivity index (χ2v) is 12.5. The Balaban J connectivity index is 1.48. The van der Waals surface area contributed by atoms with Crippen molar-refractivity contribution in [2.45, 2.75) is 30.7 Å². The highest BCUT2D eigenvalue weighted by molar-refractivity contribution is 7.92. The molecule has 0 aliphatic carbocycles. The average molecular weight is 674 g/mol. The van der Waals surface area contributed by atoms with Gasteiger partial charge in [0, 0.05) is 17.8 Å². The molecular formula is C33H25F6N3O2S2. The maximum Gasteiger partial charge on any atom is 0.416 e. The van der Waals surface area contributed by atoms with E-state index in [1.54, 1.807) is 42.5 Å². The van der Waals surface area contributed by atoms with Crippen molar-refractivity contribution >= 4 is 49.5 Å². The third-order valence-corrected chi connectivity index (χ3v) is 8.70. The summed E-state index contributed by atoms with van der Waals surface area (Å²) < 4.78 is 109. The van der Waals surface area contributed by atoms with E-state index in [1.165, 1.54) is 12.1 Å². The Morgan fingerprint density at radius 2 is 1.37 bits per heavy atom. The highest BCUT2D eigenvalue weighted by Crippen LogP contribution is 2.39. The first-order valence-electron chi connectivity index (χ1n) is 13.7. The van der Waals surface area contributed by atoms with Crippen molar-refractivity contribution in [2.75, 3.05) is 10.0 Å². The molecule has 0 amide bonds. The third kappa shape index (κ3) is 7.43. The summed E-state index contributed by atoms with van der Waals surface area (Å²) in [7, 11) is -3.97. The summed E-state index contributed by atoms with van der Waals surface area (Å²) in [5.41, 5.74) is -0.437. The second-order valence-electron chi connectivity index (χ2n) is 10.4. The van der Waals surface area contributed by atoms with Crippen molar-refractivity contribution in [3.63, 3.8) is 0 Å². The Morgan fingerprint density at radius 1 is 0.761 bits per heavy atom. The zero-order chi connectivity index (χ0) is 33.3. The van der Waals surface area contributed by atoms with Crippen LogP contribution in [-0.2, 0) is 28.9 Å². The molecule has 5 rings (SSSR count). The number of aryl methyl sites for hydroxylation is 1. The van der Waals surface area contributed by atoms with Gasteiger partial charge in [0.25, 0.3) is 10.0 Å². The van der Waals surface area contributed by atoms with E-state index in [0.717, 1.165) is 16.3 Å². The number of thiocarbonyl (C=S) groups is 1. The van der Waals surface area contributed by atoms with Crippen molar-refractivity contribution in [1.82, 2.24) is 5.32 Å². The summed E-state index contributed by atoms with van der Waals surface area (Å²) in [6, 6.07) is 25.3. The normalized spacial score (nSPS) is 12.2. The van der Waals surface area contributed by atoms with Gasteiger partial charge >= 0.3 is 12.4 Å². The lowest BCUT2D eigenvalue weighted by atomic mass is 9.92. The maximum atomic E-state index is 13.3. The zero-order valence-electron chi connectivity index (χ0n) is 23.9. The van der Waals surface area contributed by atoms with Gasteiger partial charge in [-0.1, -0.05) is 72.3 Å². The number of halogens is 6. The molecule has 13 heteroatoms. The SMILES string of the molecule is Cc1ccc(S(=O)(=O)Nc2ccccc2-c2c(CNC(=S)Nc3cc(C(F)(F)F)cc(C(F)(F)F)c3)ccc3ccccc23)cc1. The molecule has 46 heavy (non-hydrogen) atoms. The summed E-state index contributed by atoms with van der Waals surface area (Å²) in [4.78, 5) is 0.0763. The summed E-state index contributed by atoms with van der Waals surface area (Å²) in [5.74, 6) is 0. The molecule has 238 valence electrons. The zero-order valence-corrected chi connectivity index (χ0v) is 25.6. The number of fused-ring (bicyclic) bond motifs is 1. The van der Waals surface area contributed by atoms with Gasteiger partial charge in [0.2, 0.25) is 0 Å². The number of anilines is 2. The van der Waals surface area contributed by atoms with Crippen LogP contribution in [0.4, 0.5) is 37.7 Å². The fraction of sp³-hybridized carbons (Fsp3) is 0.121. The number of nitrogens with one attached hydrogen (secondary N) is 3. The quantitative estimate of drug-likeness (QED) is 0.119. The van der Waals surface area contributed by atoms with Gasteiger partial charge in [-0.3, -0.25) is 4.72 Å². The van der Waals surface area contributed by atoms with E-state index >= 15 is 0 Å². The van der Waals surface area contributed by atoms with Crippen LogP contribution >= 0.6 is 12.2 Å². The fourth-order valence-corrected chi connectivity index (χ4v) is 6.14. The average Bonchev–Trinajstić information content (AvgIpc) is 2.99. The molecule has 0 fully saturated rings. The molecule has 5 aromatic rings. The molecule has 0 aliphatic rings. The lowest BCUT2D eigenvalue weighted by molar-refractivity contribution is -0.143. The van der Waals surface area contributed by atoms with Crippen molar-refractivity contribution in [2.24, 2.45) is 0 Å². The maximum absolute atomic E-state index is 13.3. The minimum absolute atomic E-state index is 0.00383. The Bertz CT molecular complexity index is 1990. The molecule has 0 spiro atoms. The molecule has 0 bridgehead atoms. The predicted octanol–water partition coefficient (Wildman–Crippen LogP) is 9.14. The van der Waals surface area contributed by atoms with E-state index in [9.17, 15) is 34.8 Å². The Morgan fingerprint density at radius 3 is 2.02 bits per heavy atom. The third-order valence-electron chi connectivity index (χ3n) is 7.07. The summed E-state index contributed by atoms with van der Waals surface area (Å²) in [6.07, 6.45) is -10.0. The number of sulfonamides is 1. The van der Waals surface area contributed by atoms with E-state index in [0.29, 0.717) is 34.5 Å². The topological polar surface area (TPSA) is 70.2 Å². The number of para-hydroxylation sites is 1. The second kappa shape index (κ2) is 12.6. The molecule has 0 radical (unpaired) electrons. The predicted molar refractivity (Wildman–Crippen MR) is 171 cm³/mol. The number of benzene rings is 5. The van der Waals surface area contributed by atoms with Crippen molar-refractivity contribution in [3.8, 4) is 11.1 Å². The monoisotopic (exact) mass is 673 g/mol. The minimum atomic E-state index is -5.01. The summed E-state index contributed by atoms with van der Waals surface area (Å²) in [6.45, 7) is 1.84. The van der Waals surface area contributed by atoms with Crippen molar-refractivity contribution in [3.05, 3.63) is 125 Å². The van der Waals surface area contributed by atoms with Gasteiger partial charge < -0.3 is 10.6 Å². The molecule has 5 nitrogen and oxygen atoms in total. The first kappa shape index (κ1) is 32.8. The van der Waals surface area contributed by atoms with Gasteiger partial charge in [0.1, 0.15) is 0 Å².